The lowest BCUT2D eigenvalue weighted by atomic mass is 10.1. The predicted octanol–water partition coefficient (Wildman–Crippen LogP) is 2.66. The summed E-state index contributed by atoms with van der Waals surface area (Å²) in [6.07, 6.45) is 4.58. The summed E-state index contributed by atoms with van der Waals surface area (Å²) in [6, 6.07) is 4.20. The van der Waals surface area contributed by atoms with E-state index in [1.54, 1.807) is 11.3 Å². The second kappa shape index (κ2) is 7.26. The smallest absolute Gasteiger partial charge is 0.236 e. The highest BCUT2D eigenvalue weighted by atomic mass is 79.9. The van der Waals surface area contributed by atoms with Crippen LogP contribution in [0.5, 0.6) is 0 Å². The van der Waals surface area contributed by atoms with Crippen LogP contribution in [0.2, 0.25) is 0 Å². The van der Waals surface area contributed by atoms with Gasteiger partial charge < -0.3 is 10.2 Å². The second-order valence-electron chi connectivity index (χ2n) is 4.57. The maximum Gasteiger partial charge on any atom is 0.236 e. The molecule has 1 saturated heterocycles. The number of nitrogens with zero attached hydrogens (tertiary/aromatic N) is 1. The lowest BCUT2D eigenvalue weighted by molar-refractivity contribution is -0.131. The van der Waals surface area contributed by atoms with Crippen LogP contribution in [0.25, 0.3) is 0 Å². The number of piperidine rings is 1. The Bertz CT molecular complexity index is 388. The molecule has 1 aliphatic rings. The molecule has 1 fully saturated rings. The largest absolute Gasteiger partial charge is 0.342 e. The number of halogens is 1. The van der Waals surface area contributed by atoms with Crippen molar-refractivity contribution in [1.82, 2.24) is 10.2 Å². The molecule has 3 nitrogen and oxygen atoms in total. The van der Waals surface area contributed by atoms with E-state index in [1.807, 2.05) is 4.90 Å². The zero-order chi connectivity index (χ0) is 12.8. The molecule has 18 heavy (non-hydrogen) atoms. The standard InChI is InChI=1S/C13H19BrN2OS/c14-12-5-4-11(18-12)6-7-15-10-13(17)16-8-2-1-3-9-16/h4-5,15H,1-3,6-10H2. The van der Waals surface area contributed by atoms with E-state index in [2.05, 4.69) is 33.4 Å². The predicted molar refractivity (Wildman–Crippen MR) is 79.0 cm³/mol. The Balaban J connectivity index is 1.61. The van der Waals surface area contributed by atoms with Gasteiger partial charge >= 0.3 is 0 Å². The quantitative estimate of drug-likeness (QED) is 0.842. The molecular weight excluding hydrogens is 312 g/mol. The van der Waals surface area contributed by atoms with E-state index in [-0.39, 0.29) is 5.91 Å². The van der Waals surface area contributed by atoms with Crippen LogP contribution in [-0.4, -0.2) is 37.0 Å². The van der Waals surface area contributed by atoms with Crippen molar-refractivity contribution >= 4 is 33.2 Å². The summed E-state index contributed by atoms with van der Waals surface area (Å²) in [5, 5.41) is 3.24. The maximum atomic E-state index is 11.9. The first-order valence-corrected chi connectivity index (χ1v) is 8.09. The molecule has 0 radical (unpaired) electrons. The van der Waals surface area contributed by atoms with E-state index >= 15 is 0 Å². The van der Waals surface area contributed by atoms with Crippen LogP contribution in [0.15, 0.2) is 15.9 Å². The normalized spacial score (nSPS) is 15.9. The number of thiophene rings is 1. The van der Waals surface area contributed by atoms with Crippen molar-refractivity contribution in [2.45, 2.75) is 25.7 Å². The average molecular weight is 331 g/mol. The van der Waals surface area contributed by atoms with Crippen molar-refractivity contribution in [3.05, 3.63) is 20.8 Å². The van der Waals surface area contributed by atoms with Crippen LogP contribution >= 0.6 is 27.3 Å². The van der Waals surface area contributed by atoms with E-state index in [9.17, 15) is 4.79 Å². The summed E-state index contributed by atoms with van der Waals surface area (Å²) >= 11 is 5.21. The Morgan fingerprint density at radius 1 is 1.33 bits per heavy atom. The SMILES string of the molecule is O=C(CNCCc1ccc(Br)s1)N1CCCCC1. The van der Waals surface area contributed by atoms with Crippen molar-refractivity contribution in [1.29, 1.82) is 0 Å². The summed E-state index contributed by atoms with van der Waals surface area (Å²) in [7, 11) is 0. The van der Waals surface area contributed by atoms with Gasteiger partial charge in [0.15, 0.2) is 0 Å². The first-order chi connectivity index (χ1) is 8.75. The molecule has 2 rings (SSSR count). The van der Waals surface area contributed by atoms with Gasteiger partial charge in [0, 0.05) is 24.5 Å². The van der Waals surface area contributed by atoms with Crippen LogP contribution < -0.4 is 5.32 Å². The lowest BCUT2D eigenvalue weighted by Gasteiger charge is -2.26. The fourth-order valence-electron chi connectivity index (χ4n) is 2.15. The molecule has 1 aromatic rings. The van der Waals surface area contributed by atoms with Crippen LogP contribution in [-0.2, 0) is 11.2 Å². The second-order valence-corrected chi connectivity index (χ2v) is 7.12. The molecule has 100 valence electrons. The highest BCUT2D eigenvalue weighted by Crippen LogP contribution is 2.21. The maximum absolute atomic E-state index is 11.9. The Labute approximate surface area is 121 Å². The fraction of sp³-hybridized carbons (Fsp3) is 0.615. The van der Waals surface area contributed by atoms with E-state index in [1.165, 1.54) is 15.1 Å². The molecule has 0 aromatic carbocycles. The van der Waals surface area contributed by atoms with Crippen LogP contribution in [0.1, 0.15) is 24.1 Å². The van der Waals surface area contributed by atoms with Crippen molar-refractivity contribution < 1.29 is 4.79 Å². The molecule has 1 aromatic heterocycles. The molecule has 0 aliphatic carbocycles. The number of carbonyl (C=O) groups excluding carboxylic acids is 1. The third-order valence-electron chi connectivity index (χ3n) is 3.16. The Hall–Kier alpha value is -0.390. The van der Waals surface area contributed by atoms with E-state index < -0.39 is 0 Å². The first-order valence-electron chi connectivity index (χ1n) is 6.48. The monoisotopic (exact) mass is 330 g/mol. The van der Waals surface area contributed by atoms with Crippen molar-refractivity contribution in [3.8, 4) is 0 Å². The molecule has 5 heteroatoms. The topological polar surface area (TPSA) is 32.3 Å². The molecule has 1 N–H and O–H groups in total. The minimum Gasteiger partial charge on any atom is -0.342 e. The summed E-state index contributed by atoms with van der Waals surface area (Å²) in [4.78, 5) is 15.2. The van der Waals surface area contributed by atoms with Gasteiger partial charge in [0.25, 0.3) is 0 Å². The van der Waals surface area contributed by atoms with Crippen LogP contribution in [0.4, 0.5) is 0 Å². The van der Waals surface area contributed by atoms with Gasteiger partial charge in [0.1, 0.15) is 0 Å². The zero-order valence-electron chi connectivity index (χ0n) is 10.5. The number of carbonyl (C=O) groups is 1. The summed E-state index contributed by atoms with van der Waals surface area (Å²) < 4.78 is 1.17. The van der Waals surface area contributed by atoms with Gasteiger partial charge in [-0.2, -0.15) is 0 Å². The Morgan fingerprint density at radius 2 is 2.11 bits per heavy atom. The number of rotatable bonds is 5. The molecule has 1 aliphatic heterocycles. The lowest BCUT2D eigenvalue weighted by Crippen LogP contribution is -2.41. The highest BCUT2D eigenvalue weighted by molar-refractivity contribution is 9.11. The molecule has 2 heterocycles. The van der Waals surface area contributed by atoms with Gasteiger partial charge in [-0.25, -0.2) is 0 Å². The molecule has 0 spiro atoms. The number of hydrogen-bond acceptors (Lipinski definition) is 3. The van der Waals surface area contributed by atoms with E-state index in [4.69, 9.17) is 0 Å². The Kier molecular flexibility index (Phi) is 5.66. The van der Waals surface area contributed by atoms with Crippen LogP contribution in [0, 0.1) is 0 Å². The van der Waals surface area contributed by atoms with Gasteiger partial charge in [0.2, 0.25) is 5.91 Å². The fourth-order valence-corrected chi connectivity index (χ4v) is 3.63. The molecule has 0 unspecified atom stereocenters. The summed E-state index contributed by atoms with van der Waals surface area (Å²) in [5.74, 6) is 0.252. The van der Waals surface area contributed by atoms with Gasteiger partial charge in [0.05, 0.1) is 10.3 Å². The Morgan fingerprint density at radius 3 is 2.78 bits per heavy atom. The molecule has 0 atom stereocenters. The van der Waals surface area contributed by atoms with Gasteiger partial charge in [-0.05, 0) is 53.7 Å². The highest BCUT2D eigenvalue weighted by Gasteiger charge is 2.15. The number of amides is 1. The van der Waals surface area contributed by atoms with E-state index in [0.717, 1.165) is 38.9 Å². The van der Waals surface area contributed by atoms with Gasteiger partial charge in [-0.3, -0.25) is 4.79 Å². The minimum absolute atomic E-state index is 0.252. The molecule has 0 bridgehead atoms. The number of likely N-dealkylation sites (tertiary alicyclic amines) is 1. The van der Waals surface area contributed by atoms with E-state index in [0.29, 0.717) is 6.54 Å². The van der Waals surface area contributed by atoms with Crippen molar-refractivity contribution in [3.63, 3.8) is 0 Å². The number of hydrogen-bond donors (Lipinski definition) is 1. The third-order valence-corrected chi connectivity index (χ3v) is 4.85. The minimum atomic E-state index is 0.252. The van der Waals surface area contributed by atoms with Gasteiger partial charge in [-0.15, -0.1) is 11.3 Å². The zero-order valence-corrected chi connectivity index (χ0v) is 12.9. The summed E-state index contributed by atoms with van der Waals surface area (Å²) in [5.41, 5.74) is 0. The molecule has 0 saturated carbocycles. The average Bonchev–Trinajstić information content (AvgIpc) is 2.81. The summed E-state index contributed by atoms with van der Waals surface area (Å²) in [6.45, 7) is 3.23. The first kappa shape index (κ1) is 14.0. The number of nitrogens with one attached hydrogen (secondary N) is 1. The van der Waals surface area contributed by atoms with Crippen molar-refractivity contribution in [2.75, 3.05) is 26.2 Å². The molecular formula is C13H19BrN2OS. The van der Waals surface area contributed by atoms with Gasteiger partial charge in [-0.1, -0.05) is 0 Å². The molecule has 1 amide bonds. The third kappa shape index (κ3) is 4.37. The van der Waals surface area contributed by atoms with Crippen molar-refractivity contribution in [2.24, 2.45) is 0 Å². The van der Waals surface area contributed by atoms with Crippen LogP contribution in [0.3, 0.4) is 0 Å².